The number of urea groups is 1. The molecule has 1 heterocycles. The average Bonchev–Trinajstić information content (AvgIpc) is 2.17. The van der Waals surface area contributed by atoms with E-state index in [1.165, 1.54) is 0 Å². The average molecular weight is 235 g/mol. The molecule has 3 amide bonds. The third-order valence-electron chi connectivity index (χ3n) is 2.23. The summed E-state index contributed by atoms with van der Waals surface area (Å²) in [6.45, 7) is 3.08. The quantitative estimate of drug-likeness (QED) is 0.689. The van der Waals surface area contributed by atoms with Crippen molar-refractivity contribution in [3.63, 3.8) is 0 Å². The highest BCUT2D eigenvalue weighted by Crippen LogP contribution is 2.17. The Kier molecular flexibility index (Phi) is 4.35. The molecule has 1 fully saturated rings. The van der Waals surface area contributed by atoms with Gasteiger partial charge < -0.3 is 10.1 Å². The van der Waals surface area contributed by atoms with Gasteiger partial charge in [-0.25, -0.2) is 4.79 Å². The molecule has 0 aromatic rings. The van der Waals surface area contributed by atoms with Crippen molar-refractivity contribution in [2.45, 2.75) is 25.3 Å². The maximum Gasteiger partial charge on any atom is 0.321 e. The lowest BCUT2D eigenvalue weighted by Gasteiger charge is -2.34. The van der Waals surface area contributed by atoms with E-state index in [0.29, 0.717) is 6.61 Å². The van der Waals surface area contributed by atoms with Crippen LogP contribution in [0.3, 0.4) is 0 Å². The van der Waals surface area contributed by atoms with Gasteiger partial charge in [0.2, 0.25) is 5.91 Å². The molecular weight excluding hydrogens is 220 g/mol. The second kappa shape index (κ2) is 5.32. The van der Waals surface area contributed by atoms with Crippen LogP contribution in [0.4, 0.5) is 4.79 Å². The number of hydrogen-bond donors (Lipinski definition) is 2. The highest BCUT2D eigenvalue weighted by Gasteiger charge is 2.29. The first-order chi connectivity index (χ1) is 7.06. The Morgan fingerprint density at radius 3 is 2.80 bits per heavy atom. The van der Waals surface area contributed by atoms with Gasteiger partial charge in [0.25, 0.3) is 0 Å². The van der Waals surface area contributed by atoms with Gasteiger partial charge in [0, 0.05) is 6.61 Å². The second-order valence-corrected chi connectivity index (χ2v) is 4.12. The minimum Gasteiger partial charge on any atom is -0.379 e. The Bertz CT molecular complexity index is 252. The Hall–Kier alpha value is -0.810. The molecule has 1 atom stereocenters. The highest BCUT2D eigenvalue weighted by molar-refractivity contribution is 6.28. The van der Waals surface area contributed by atoms with Crippen molar-refractivity contribution in [2.24, 2.45) is 0 Å². The van der Waals surface area contributed by atoms with E-state index in [-0.39, 0.29) is 5.88 Å². The fourth-order valence-corrected chi connectivity index (χ4v) is 1.56. The van der Waals surface area contributed by atoms with Crippen molar-refractivity contribution in [2.75, 3.05) is 19.1 Å². The van der Waals surface area contributed by atoms with Crippen molar-refractivity contribution >= 4 is 23.5 Å². The van der Waals surface area contributed by atoms with Gasteiger partial charge in [0.1, 0.15) is 5.88 Å². The van der Waals surface area contributed by atoms with Crippen molar-refractivity contribution < 1.29 is 14.3 Å². The SMILES string of the molecule is CC1(NC(=O)NC(=O)CCl)CCCOC1. The van der Waals surface area contributed by atoms with Crippen LogP contribution in [0.1, 0.15) is 19.8 Å². The van der Waals surface area contributed by atoms with Crippen LogP contribution in [0.5, 0.6) is 0 Å². The first-order valence-electron chi connectivity index (χ1n) is 4.81. The van der Waals surface area contributed by atoms with Crippen LogP contribution in [0, 0.1) is 0 Å². The summed E-state index contributed by atoms with van der Waals surface area (Å²) in [6, 6.07) is -0.520. The number of carbonyl (C=O) groups excluding carboxylic acids is 2. The van der Waals surface area contributed by atoms with Gasteiger partial charge >= 0.3 is 6.03 Å². The number of rotatable bonds is 2. The van der Waals surface area contributed by atoms with E-state index >= 15 is 0 Å². The Morgan fingerprint density at radius 1 is 1.53 bits per heavy atom. The van der Waals surface area contributed by atoms with Crippen molar-refractivity contribution in [3.05, 3.63) is 0 Å². The summed E-state index contributed by atoms with van der Waals surface area (Å²) >= 11 is 5.26. The van der Waals surface area contributed by atoms with Gasteiger partial charge in [-0.1, -0.05) is 0 Å². The number of alkyl halides is 1. The lowest BCUT2D eigenvalue weighted by Crippen LogP contribution is -2.55. The molecule has 1 saturated heterocycles. The maximum atomic E-state index is 11.3. The normalized spacial score (nSPS) is 25.7. The Morgan fingerprint density at radius 2 is 2.27 bits per heavy atom. The molecule has 1 unspecified atom stereocenters. The van der Waals surface area contributed by atoms with Crippen molar-refractivity contribution in [1.82, 2.24) is 10.6 Å². The minimum atomic E-state index is -0.520. The number of amides is 3. The zero-order valence-corrected chi connectivity index (χ0v) is 9.39. The van der Waals surface area contributed by atoms with Gasteiger partial charge in [-0.2, -0.15) is 0 Å². The highest BCUT2D eigenvalue weighted by atomic mass is 35.5. The van der Waals surface area contributed by atoms with E-state index in [9.17, 15) is 9.59 Å². The van der Waals surface area contributed by atoms with Crippen LogP contribution in [0.2, 0.25) is 0 Å². The van der Waals surface area contributed by atoms with Gasteiger partial charge in [-0.05, 0) is 19.8 Å². The molecule has 0 aromatic carbocycles. The summed E-state index contributed by atoms with van der Waals surface area (Å²) < 4.78 is 5.26. The summed E-state index contributed by atoms with van der Waals surface area (Å²) in [5.41, 5.74) is -0.394. The summed E-state index contributed by atoms with van der Waals surface area (Å²) in [7, 11) is 0. The third kappa shape index (κ3) is 4.05. The van der Waals surface area contributed by atoms with E-state index < -0.39 is 17.5 Å². The molecule has 1 rings (SSSR count). The number of halogens is 1. The largest absolute Gasteiger partial charge is 0.379 e. The van der Waals surface area contributed by atoms with E-state index in [2.05, 4.69) is 10.6 Å². The van der Waals surface area contributed by atoms with E-state index in [1.54, 1.807) is 0 Å². The molecule has 0 saturated carbocycles. The van der Waals surface area contributed by atoms with Crippen LogP contribution in [0.25, 0.3) is 0 Å². The molecule has 0 spiro atoms. The standard InChI is InChI=1S/C9H15ClN2O3/c1-9(3-2-4-15-6-9)12-8(14)11-7(13)5-10/h2-6H2,1H3,(H2,11,12,13,14). The molecule has 2 N–H and O–H groups in total. The topological polar surface area (TPSA) is 67.4 Å². The molecular formula is C9H15ClN2O3. The van der Waals surface area contributed by atoms with E-state index in [0.717, 1.165) is 19.4 Å². The molecule has 1 aliphatic rings. The molecule has 0 aromatic heterocycles. The first-order valence-corrected chi connectivity index (χ1v) is 5.35. The number of imide groups is 1. The molecule has 6 heteroatoms. The molecule has 1 aliphatic heterocycles. The Labute approximate surface area is 93.5 Å². The predicted octanol–water partition coefficient (Wildman–Crippen LogP) is 0.620. The molecule has 15 heavy (non-hydrogen) atoms. The number of hydrogen-bond acceptors (Lipinski definition) is 3. The van der Waals surface area contributed by atoms with E-state index in [1.807, 2.05) is 6.92 Å². The number of nitrogens with one attached hydrogen (secondary N) is 2. The maximum absolute atomic E-state index is 11.3. The molecule has 0 radical (unpaired) electrons. The summed E-state index contributed by atoms with van der Waals surface area (Å²) in [4.78, 5) is 22.2. The van der Waals surface area contributed by atoms with Crippen LogP contribution in [-0.2, 0) is 9.53 Å². The van der Waals surface area contributed by atoms with Crippen LogP contribution in [-0.4, -0.2) is 36.6 Å². The summed E-state index contributed by atoms with van der Waals surface area (Å²) in [5, 5.41) is 4.83. The van der Waals surface area contributed by atoms with Crippen molar-refractivity contribution in [1.29, 1.82) is 0 Å². The minimum absolute atomic E-state index is 0.222. The molecule has 0 bridgehead atoms. The Balaban J connectivity index is 2.38. The zero-order valence-electron chi connectivity index (χ0n) is 8.64. The van der Waals surface area contributed by atoms with E-state index in [4.69, 9.17) is 16.3 Å². The second-order valence-electron chi connectivity index (χ2n) is 3.85. The smallest absolute Gasteiger partial charge is 0.321 e. The van der Waals surface area contributed by atoms with Gasteiger partial charge in [0.05, 0.1) is 12.1 Å². The van der Waals surface area contributed by atoms with Crippen LogP contribution >= 0.6 is 11.6 Å². The predicted molar refractivity (Wildman–Crippen MR) is 55.9 cm³/mol. The number of carbonyl (C=O) groups is 2. The lowest BCUT2D eigenvalue weighted by atomic mass is 9.95. The van der Waals surface area contributed by atoms with Gasteiger partial charge in [0.15, 0.2) is 0 Å². The van der Waals surface area contributed by atoms with Crippen molar-refractivity contribution in [3.8, 4) is 0 Å². The molecule has 5 nitrogen and oxygen atoms in total. The van der Waals surface area contributed by atoms with Crippen LogP contribution in [0.15, 0.2) is 0 Å². The first kappa shape index (κ1) is 12.3. The number of ether oxygens (including phenoxy) is 1. The summed E-state index contributed by atoms with van der Waals surface area (Å²) in [5.74, 6) is -0.727. The molecule has 86 valence electrons. The third-order valence-corrected chi connectivity index (χ3v) is 2.47. The zero-order chi connectivity index (χ0) is 11.3. The lowest BCUT2D eigenvalue weighted by molar-refractivity contribution is -0.117. The monoisotopic (exact) mass is 234 g/mol. The van der Waals surface area contributed by atoms with Gasteiger partial charge in [-0.3, -0.25) is 10.1 Å². The summed E-state index contributed by atoms with van der Waals surface area (Å²) in [6.07, 6.45) is 1.75. The van der Waals surface area contributed by atoms with Crippen LogP contribution < -0.4 is 10.6 Å². The molecule has 0 aliphatic carbocycles. The fraction of sp³-hybridized carbons (Fsp3) is 0.778. The van der Waals surface area contributed by atoms with Gasteiger partial charge in [-0.15, -0.1) is 11.6 Å². The fourth-order valence-electron chi connectivity index (χ4n) is 1.50.